The SMILES string of the molecule is CCS(=O)(=O)CCNC(=O)Nc1ccc(C(=O)O)c(F)c1. The predicted molar refractivity (Wildman–Crippen MR) is 74.7 cm³/mol. The zero-order valence-corrected chi connectivity index (χ0v) is 12.0. The number of carboxylic acid groups (broad SMARTS) is 1. The van der Waals surface area contributed by atoms with Gasteiger partial charge in [-0.25, -0.2) is 22.4 Å². The van der Waals surface area contributed by atoms with E-state index in [2.05, 4.69) is 10.6 Å². The molecule has 7 nitrogen and oxygen atoms in total. The molecule has 116 valence electrons. The monoisotopic (exact) mass is 318 g/mol. The minimum atomic E-state index is -3.18. The summed E-state index contributed by atoms with van der Waals surface area (Å²) in [6.07, 6.45) is 0. The van der Waals surface area contributed by atoms with E-state index in [1.807, 2.05) is 0 Å². The third-order valence-corrected chi connectivity index (χ3v) is 4.30. The number of sulfone groups is 1. The summed E-state index contributed by atoms with van der Waals surface area (Å²) >= 11 is 0. The summed E-state index contributed by atoms with van der Waals surface area (Å²) < 4.78 is 35.8. The second kappa shape index (κ2) is 7.02. The number of carboxylic acids is 1. The van der Waals surface area contributed by atoms with E-state index < -0.39 is 33.2 Å². The summed E-state index contributed by atoms with van der Waals surface area (Å²) in [5, 5.41) is 13.2. The van der Waals surface area contributed by atoms with Gasteiger partial charge < -0.3 is 15.7 Å². The average Bonchev–Trinajstić information content (AvgIpc) is 2.38. The van der Waals surface area contributed by atoms with Crippen LogP contribution in [-0.2, 0) is 9.84 Å². The lowest BCUT2D eigenvalue weighted by Crippen LogP contribution is -2.33. The lowest BCUT2D eigenvalue weighted by atomic mass is 10.2. The van der Waals surface area contributed by atoms with Gasteiger partial charge in [-0.3, -0.25) is 0 Å². The van der Waals surface area contributed by atoms with Gasteiger partial charge in [0.15, 0.2) is 9.84 Å². The van der Waals surface area contributed by atoms with Gasteiger partial charge >= 0.3 is 12.0 Å². The van der Waals surface area contributed by atoms with E-state index in [9.17, 15) is 22.4 Å². The van der Waals surface area contributed by atoms with Gasteiger partial charge in [-0.1, -0.05) is 6.92 Å². The second-order valence-corrected chi connectivity index (χ2v) is 6.59. The second-order valence-electron chi connectivity index (χ2n) is 4.12. The van der Waals surface area contributed by atoms with E-state index in [0.29, 0.717) is 0 Å². The summed E-state index contributed by atoms with van der Waals surface area (Å²) in [6, 6.07) is 2.42. The number of hydrogen-bond acceptors (Lipinski definition) is 4. The molecule has 0 bridgehead atoms. The first kappa shape index (κ1) is 16.9. The number of aromatic carboxylic acids is 1. The van der Waals surface area contributed by atoms with Gasteiger partial charge in [-0.2, -0.15) is 0 Å². The lowest BCUT2D eigenvalue weighted by Gasteiger charge is -2.08. The molecule has 1 aromatic rings. The molecule has 0 spiro atoms. The first-order chi connectivity index (χ1) is 9.75. The zero-order chi connectivity index (χ0) is 16.0. The van der Waals surface area contributed by atoms with Crippen molar-refractivity contribution in [3.63, 3.8) is 0 Å². The molecule has 0 atom stereocenters. The third kappa shape index (κ3) is 5.38. The number of carbonyl (C=O) groups excluding carboxylic acids is 1. The normalized spacial score (nSPS) is 11.0. The van der Waals surface area contributed by atoms with Crippen LogP contribution in [-0.4, -0.2) is 43.6 Å². The molecule has 21 heavy (non-hydrogen) atoms. The molecule has 0 heterocycles. The third-order valence-electron chi connectivity index (χ3n) is 2.60. The van der Waals surface area contributed by atoms with Crippen LogP contribution in [0.1, 0.15) is 17.3 Å². The van der Waals surface area contributed by atoms with Crippen LogP contribution in [0.25, 0.3) is 0 Å². The highest BCUT2D eigenvalue weighted by atomic mass is 32.2. The summed E-state index contributed by atoms with van der Waals surface area (Å²) in [5.74, 6) is -2.59. The molecule has 0 saturated heterocycles. The number of rotatable bonds is 6. The van der Waals surface area contributed by atoms with Crippen molar-refractivity contribution in [1.29, 1.82) is 0 Å². The average molecular weight is 318 g/mol. The Balaban J connectivity index is 2.56. The fraction of sp³-hybridized carbons (Fsp3) is 0.333. The van der Waals surface area contributed by atoms with E-state index in [1.54, 1.807) is 0 Å². The standard InChI is InChI=1S/C12H15FN2O5S/c1-2-21(19,20)6-5-14-12(18)15-8-3-4-9(11(16)17)10(13)7-8/h3-4,7H,2,5-6H2,1H3,(H,16,17)(H2,14,15,18). The van der Waals surface area contributed by atoms with Crippen LogP contribution in [0.2, 0.25) is 0 Å². The van der Waals surface area contributed by atoms with Crippen molar-refractivity contribution in [2.75, 3.05) is 23.4 Å². The Morgan fingerprint density at radius 2 is 2.00 bits per heavy atom. The minimum Gasteiger partial charge on any atom is -0.478 e. The molecule has 1 aromatic carbocycles. The number of amides is 2. The number of urea groups is 1. The summed E-state index contributed by atoms with van der Waals surface area (Å²) in [6.45, 7) is 1.43. The van der Waals surface area contributed by atoms with Gasteiger partial charge in [0.25, 0.3) is 0 Å². The maximum absolute atomic E-state index is 13.4. The van der Waals surface area contributed by atoms with Gasteiger partial charge in [0, 0.05) is 18.0 Å². The number of halogens is 1. The maximum Gasteiger partial charge on any atom is 0.338 e. The highest BCUT2D eigenvalue weighted by Crippen LogP contribution is 2.14. The van der Waals surface area contributed by atoms with E-state index in [0.717, 1.165) is 12.1 Å². The Bertz CT molecular complexity index is 645. The van der Waals surface area contributed by atoms with E-state index in [4.69, 9.17) is 5.11 Å². The quantitative estimate of drug-likeness (QED) is 0.726. The van der Waals surface area contributed by atoms with E-state index >= 15 is 0 Å². The number of anilines is 1. The number of benzene rings is 1. The van der Waals surface area contributed by atoms with Crippen molar-refractivity contribution >= 4 is 27.5 Å². The molecule has 0 unspecified atom stereocenters. The maximum atomic E-state index is 13.4. The van der Waals surface area contributed by atoms with Crippen LogP contribution in [0.5, 0.6) is 0 Å². The molecule has 0 radical (unpaired) electrons. The largest absolute Gasteiger partial charge is 0.478 e. The molecule has 1 rings (SSSR count). The molecule has 0 aromatic heterocycles. The minimum absolute atomic E-state index is 0.0157. The van der Waals surface area contributed by atoms with Gasteiger partial charge in [0.2, 0.25) is 0 Å². The Hall–Kier alpha value is -2.16. The van der Waals surface area contributed by atoms with Gasteiger partial charge in [0.05, 0.1) is 11.3 Å². The lowest BCUT2D eigenvalue weighted by molar-refractivity contribution is 0.0692. The summed E-state index contributed by atoms with van der Waals surface area (Å²) in [5.41, 5.74) is -0.441. The van der Waals surface area contributed by atoms with Crippen molar-refractivity contribution in [3.05, 3.63) is 29.6 Å². The Morgan fingerprint density at radius 3 is 2.52 bits per heavy atom. The van der Waals surface area contributed by atoms with Gasteiger partial charge in [0.1, 0.15) is 5.82 Å². The molecule has 2 amide bonds. The van der Waals surface area contributed by atoms with Crippen molar-refractivity contribution in [3.8, 4) is 0 Å². The molecule has 0 saturated carbocycles. The Labute approximate surface area is 121 Å². The first-order valence-electron chi connectivity index (χ1n) is 6.03. The van der Waals surface area contributed by atoms with Gasteiger partial charge in [-0.05, 0) is 18.2 Å². The number of carbonyl (C=O) groups is 2. The Kier molecular flexibility index (Phi) is 5.65. The van der Waals surface area contributed by atoms with Crippen LogP contribution in [0.4, 0.5) is 14.9 Å². The van der Waals surface area contributed by atoms with Crippen molar-refractivity contribution < 1.29 is 27.5 Å². The first-order valence-corrected chi connectivity index (χ1v) is 7.85. The fourth-order valence-corrected chi connectivity index (χ4v) is 2.11. The van der Waals surface area contributed by atoms with Crippen LogP contribution >= 0.6 is 0 Å². The molecule has 9 heteroatoms. The summed E-state index contributed by atoms with van der Waals surface area (Å²) in [4.78, 5) is 22.1. The smallest absolute Gasteiger partial charge is 0.338 e. The van der Waals surface area contributed by atoms with Crippen molar-refractivity contribution in [2.45, 2.75) is 6.92 Å². The van der Waals surface area contributed by atoms with Crippen LogP contribution in [0, 0.1) is 5.82 Å². The van der Waals surface area contributed by atoms with E-state index in [-0.39, 0.29) is 23.7 Å². The highest BCUT2D eigenvalue weighted by molar-refractivity contribution is 7.91. The molecule has 0 aliphatic rings. The number of hydrogen-bond donors (Lipinski definition) is 3. The topological polar surface area (TPSA) is 113 Å². The van der Waals surface area contributed by atoms with Crippen molar-refractivity contribution in [1.82, 2.24) is 5.32 Å². The van der Waals surface area contributed by atoms with Crippen molar-refractivity contribution in [2.24, 2.45) is 0 Å². The number of nitrogens with one attached hydrogen (secondary N) is 2. The molecular formula is C12H15FN2O5S. The van der Waals surface area contributed by atoms with E-state index in [1.165, 1.54) is 13.0 Å². The molecule has 0 aliphatic carbocycles. The molecule has 0 fully saturated rings. The van der Waals surface area contributed by atoms with Crippen LogP contribution in [0.3, 0.4) is 0 Å². The fourth-order valence-electron chi connectivity index (χ4n) is 1.41. The summed E-state index contributed by atoms with van der Waals surface area (Å²) in [7, 11) is -3.18. The molecule has 3 N–H and O–H groups in total. The Morgan fingerprint density at radius 1 is 1.33 bits per heavy atom. The zero-order valence-electron chi connectivity index (χ0n) is 11.2. The molecule has 0 aliphatic heterocycles. The highest BCUT2D eigenvalue weighted by Gasteiger charge is 2.12. The molecular weight excluding hydrogens is 303 g/mol. The van der Waals surface area contributed by atoms with Crippen LogP contribution in [0.15, 0.2) is 18.2 Å². The predicted octanol–water partition coefficient (Wildman–Crippen LogP) is 1.08. The van der Waals surface area contributed by atoms with Gasteiger partial charge in [-0.15, -0.1) is 0 Å². The van der Waals surface area contributed by atoms with Crippen LogP contribution < -0.4 is 10.6 Å².